The van der Waals surface area contributed by atoms with Crippen LogP contribution in [0.25, 0.3) is 21.5 Å². The summed E-state index contributed by atoms with van der Waals surface area (Å²) < 4.78 is 23.4. The van der Waals surface area contributed by atoms with Crippen LogP contribution in [0.3, 0.4) is 0 Å². The fourth-order valence-corrected chi connectivity index (χ4v) is 6.25. The van der Waals surface area contributed by atoms with Crippen molar-refractivity contribution >= 4 is 33.5 Å². The van der Waals surface area contributed by atoms with Gasteiger partial charge < -0.3 is 18.9 Å². The molecule has 0 radical (unpaired) electrons. The van der Waals surface area contributed by atoms with Crippen LogP contribution in [-0.2, 0) is 19.1 Å². The fraction of sp³-hybridized carbons (Fsp3) is 0.529. The predicted octanol–water partition coefficient (Wildman–Crippen LogP) is 7.78. The highest BCUT2D eigenvalue weighted by Crippen LogP contribution is 2.42. The first-order valence-corrected chi connectivity index (χ1v) is 15.2. The molecular weight excluding hydrogens is 504 g/mol. The summed E-state index contributed by atoms with van der Waals surface area (Å²) in [5, 5.41) is 3.63. The highest BCUT2D eigenvalue weighted by Gasteiger charge is 2.19. The SMILES string of the molecule is O=C(CCOc1c2ccccc2c(OCCC(=O)OCCC2CCCC2)c2ccccc12)OCCC1CCCC1. The number of benzene rings is 3. The van der Waals surface area contributed by atoms with Gasteiger partial charge in [-0.3, -0.25) is 9.59 Å². The highest BCUT2D eigenvalue weighted by molar-refractivity contribution is 6.11. The van der Waals surface area contributed by atoms with E-state index in [1.807, 2.05) is 48.5 Å². The maximum Gasteiger partial charge on any atom is 0.309 e. The zero-order chi connectivity index (χ0) is 27.6. The van der Waals surface area contributed by atoms with Gasteiger partial charge in [0.2, 0.25) is 0 Å². The lowest BCUT2D eigenvalue weighted by atomic mass is 10.0. The molecule has 3 aromatic carbocycles. The van der Waals surface area contributed by atoms with Gasteiger partial charge in [0, 0.05) is 21.5 Å². The Hall–Kier alpha value is -3.28. The largest absolute Gasteiger partial charge is 0.492 e. The Labute approximate surface area is 237 Å². The van der Waals surface area contributed by atoms with Crippen LogP contribution in [0.5, 0.6) is 11.5 Å². The topological polar surface area (TPSA) is 71.1 Å². The van der Waals surface area contributed by atoms with Gasteiger partial charge in [-0.05, 0) is 24.7 Å². The van der Waals surface area contributed by atoms with Gasteiger partial charge in [-0.15, -0.1) is 0 Å². The molecule has 214 valence electrons. The highest BCUT2D eigenvalue weighted by atomic mass is 16.5. The molecule has 6 heteroatoms. The third kappa shape index (κ3) is 7.47. The minimum atomic E-state index is -0.221. The molecule has 3 aromatic rings. The van der Waals surface area contributed by atoms with Crippen LogP contribution in [0, 0.1) is 11.8 Å². The van der Waals surface area contributed by atoms with Crippen molar-refractivity contribution in [1.29, 1.82) is 0 Å². The van der Waals surface area contributed by atoms with E-state index in [2.05, 4.69) is 0 Å². The van der Waals surface area contributed by atoms with E-state index in [-0.39, 0.29) is 38.0 Å². The Balaban J connectivity index is 1.19. The van der Waals surface area contributed by atoms with Gasteiger partial charge in [0.15, 0.2) is 0 Å². The second-order valence-electron chi connectivity index (χ2n) is 11.3. The minimum absolute atomic E-state index is 0.203. The lowest BCUT2D eigenvalue weighted by molar-refractivity contribution is -0.145. The molecule has 6 nitrogen and oxygen atoms in total. The van der Waals surface area contributed by atoms with Gasteiger partial charge >= 0.3 is 11.9 Å². The summed E-state index contributed by atoms with van der Waals surface area (Å²) >= 11 is 0. The van der Waals surface area contributed by atoms with E-state index in [0.717, 1.165) is 45.9 Å². The number of carbonyl (C=O) groups excluding carboxylic acids is 2. The second-order valence-corrected chi connectivity index (χ2v) is 11.3. The molecule has 0 bridgehead atoms. The van der Waals surface area contributed by atoms with Crippen LogP contribution in [0.15, 0.2) is 48.5 Å². The average Bonchev–Trinajstić information content (AvgIpc) is 3.69. The van der Waals surface area contributed by atoms with Crippen LogP contribution in [0.4, 0.5) is 0 Å². The fourth-order valence-electron chi connectivity index (χ4n) is 6.25. The number of carbonyl (C=O) groups is 2. The minimum Gasteiger partial charge on any atom is -0.492 e. The van der Waals surface area contributed by atoms with Gasteiger partial charge in [-0.2, -0.15) is 0 Å². The summed E-state index contributed by atoms with van der Waals surface area (Å²) in [7, 11) is 0. The summed E-state index contributed by atoms with van der Waals surface area (Å²) in [6, 6.07) is 15.9. The van der Waals surface area contributed by atoms with Gasteiger partial charge in [0.25, 0.3) is 0 Å². The zero-order valence-electron chi connectivity index (χ0n) is 23.5. The van der Waals surface area contributed by atoms with Crippen molar-refractivity contribution in [2.45, 2.75) is 77.0 Å². The molecule has 0 spiro atoms. The zero-order valence-corrected chi connectivity index (χ0v) is 23.5. The molecule has 0 aliphatic heterocycles. The van der Waals surface area contributed by atoms with Crippen molar-refractivity contribution in [2.24, 2.45) is 11.8 Å². The Morgan fingerprint density at radius 3 is 1.25 bits per heavy atom. The molecule has 0 amide bonds. The molecule has 2 saturated carbocycles. The first-order valence-electron chi connectivity index (χ1n) is 15.2. The number of hydrogen-bond acceptors (Lipinski definition) is 6. The van der Waals surface area contributed by atoms with E-state index in [4.69, 9.17) is 18.9 Å². The normalized spacial score (nSPS) is 16.0. The Kier molecular flexibility index (Phi) is 10.2. The Morgan fingerprint density at radius 2 is 0.900 bits per heavy atom. The monoisotopic (exact) mass is 546 g/mol. The number of esters is 2. The Bertz CT molecular complexity index is 1120. The summed E-state index contributed by atoms with van der Waals surface area (Å²) in [5.41, 5.74) is 0. The van der Waals surface area contributed by atoms with Crippen molar-refractivity contribution in [3.05, 3.63) is 48.5 Å². The maximum atomic E-state index is 12.3. The molecular formula is C34H42O6. The van der Waals surface area contributed by atoms with Gasteiger partial charge in [-0.25, -0.2) is 0 Å². The molecule has 2 aliphatic rings. The van der Waals surface area contributed by atoms with Crippen LogP contribution < -0.4 is 9.47 Å². The van der Waals surface area contributed by atoms with E-state index in [1.165, 1.54) is 51.4 Å². The van der Waals surface area contributed by atoms with Crippen LogP contribution >= 0.6 is 0 Å². The van der Waals surface area contributed by atoms with E-state index >= 15 is 0 Å². The maximum absolute atomic E-state index is 12.3. The van der Waals surface area contributed by atoms with Gasteiger partial charge in [0.05, 0.1) is 39.3 Å². The summed E-state index contributed by atoms with van der Waals surface area (Å²) in [5.74, 6) is 2.42. The van der Waals surface area contributed by atoms with E-state index in [1.54, 1.807) is 0 Å². The number of rotatable bonds is 14. The molecule has 5 rings (SSSR count). The first-order chi connectivity index (χ1) is 19.7. The van der Waals surface area contributed by atoms with Crippen molar-refractivity contribution in [3.8, 4) is 11.5 Å². The van der Waals surface area contributed by atoms with Gasteiger partial charge in [0.1, 0.15) is 11.5 Å². The molecule has 0 atom stereocenters. The summed E-state index contributed by atoms with van der Waals surface area (Å²) in [4.78, 5) is 24.7. The molecule has 0 heterocycles. The lowest BCUT2D eigenvalue weighted by Gasteiger charge is -2.18. The lowest BCUT2D eigenvalue weighted by Crippen LogP contribution is -2.13. The summed E-state index contributed by atoms with van der Waals surface area (Å²) in [6.45, 7) is 1.47. The number of fused-ring (bicyclic) bond motifs is 2. The number of hydrogen-bond donors (Lipinski definition) is 0. The smallest absolute Gasteiger partial charge is 0.309 e. The second kappa shape index (κ2) is 14.4. The predicted molar refractivity (Wildman–Crippen MR) is 157 cm³/mol. The summed E-state index contributed by atoms with van der Waals surface area (Å²) in [6.07, 6.45) is 12.5. The van der Waals surface area contributed by atoms with E-state index in [0.29, 0.717) is 25.0 Å². The number of ether oxygens (including phenoxy) is 4. The first kappa shape index (κ1) is 28.3. The van der Waals surface area contributed by atoms with Crippen molar-refractivity contribution in [1.82, 2.24) is 0 Å². The van der Waals surface area contributed by atoms with Crippen molar-refractivity contribution in [2.75, 3.05) is 26.4 Å². The van der Waals surface area contributed by atoms with Crippen LogP contribution in [0.1, 0.15) is 77.0 Å². The molecule has 0 aromatic heterocycles. The van der Waals surface area contributed by atoms with Gasteiger partial charge in [-0.1, -0.05) is 99.9 Å². The van der Waals surface area contributed by atoms with Crippen molar-refractivity contribution < 1.29 is 28.5 Å². The molecule has 0 N–H and O–H groups in total. The van der Waals surface area contributed by atoms with Crippen LogP contribution in [0.2, 0.25) is 0 Å². The molecule has 2 aliphatic carbocycles. The molecule has 40 heavy (non-hydrogen) atoms. The molecule has 0 unspecified atom stereocenters. The quantitative estimate of drug-likeness (QED) is 0.152. The molecule has 2 fully saturated rings. The van der Waals surface area contributed by atoms with Crippen molar-refractivity contribution in [3.63, 3.8) is 0 Å². The third-order valence-corrected chi connectivity index (χ3v) is 8.47. The van der Waals surface area contributed by atoms with E-state index in [9.17, 15) is 9.59 Å². The standard InChI is InChI=1S/C34H42O6/c35-31(37-21-17-25-9-1-2-10-25)19-23-39-33-27-13-5-7-15-29(27)34(30-16-8-6-14-28(30)33)40-24-20-32(36)38-22-18-26-11-3-4-12-26/h5-8,13-16,25-26H,1-4,9-12,17-24H2. The van der Waals surface area contributed by atoms with Crippen LogP contribution in [-0.4, -0.2) is 38.4 Å². The Morgan fingerprint density at radius 1 is 0.550 bits per heavy atom. The molecule has 0 saturated heterocycles. The average molecular weight is 547 g/mol. The van der Waals surface area contributed by atoms with E-state index < -0.39 is 0 Å². The third-order valence-electron chi connectivity index (χ3n) is 8.47.